The topological polar surface area (TPSA) is 255 Å². The summed E-state index contributed by atoms with van der Waals surface area (Å²) >= 11 is 0. The first-order valence-corrected chi connectivity index (χ1v) is 20.9. The van der Waals surface area contributed by atoms with Gasteiger partial charge >= 0.3 is 8.80 Å². The molecule has 0 aliphatic carbocycles. The third kappa shape index (κ3) is 23.0. The SMILES string of the molecule is CCCCCCCCCCCCCCCCCC[N+](C)([O-])CCC[Si](OCC([NH3+])(CO)CO)(OCC([NH3+])(CO)CO)OCC([NH3+])(CO)CO. The molecule has 49 heavy (non-hydrogen) atoms. The van der Waals surface area contributed by atoms with Crippen molar-refractivity contribution in [3.05, 3.63) is 5.21 Å². The molecule has 0 saturated heterocycles. The van der Waals surface area contributed by atoms with Crippen molar-refractivity contribution in [2.75, 3.05) is 79.6 Å². The van der Waals surface area contributed by atoms with E-state index in [0.29, 0.717) is 13.0 Å². The van der Waals surface area contributed by atoms with Crippen LogP contribution in [-0.2, 0) is 13.3 Å². The number of hydrogen-bond acceptors (Lipinski definition) is 10. The van der Waals surface area contributed by atoms with Crippen molar-refractivity contribution >= 4 is 8.80 Å². The molecule has 15 N–H and O–H groups in total. The van der Waals surface area contributed by atoms with Crippen LogP contribution in [0.4, 0.5) is 0 Å². The fourth-order valence-electron chi connectivity index (χ4n) is 5.29. The molecule has 0 spiro atoms. The van der Waals surface area contributed by atoms with Crippen LogP contribution in [0, 0.1) is 5.21 Å². The summed E-state index contributed by atoms with van der Waals surface area (Å²) in [6, 6.07) is 0.148. The maximum absolute atomic E-state index is 13.4. The largest absolute Gasteiger partial charge is 0.633 e. The Morgan fingerprint density at radius 1 is 0.490 bits per heavy atom. The van der Waals surface area contributed by atoms with Crippen LogP contribution in [0.1, 0.15) is 116 Å². The lowest BCUT2D eigenvalue weighted by molar-refractivity contribution is -0.861. The molecule has 0 aliphatic heterocycles. The number of rotatable bonds is 36. The summed E-state index contributed by atoms with van der Waals surface area (Å²) in [6.45, 7) is -0.672. The van der Waals surface area contributed by atoms with Crippen LogP contribution in [0.2, 0.25) is 6.04 Å². The average molecular weight is 732 g/mol. The molecule has 0 radical (unpaired) electrons. The first-order valence-electron chi connectivity index (χ1n) is 18.9. The summed E-state index contributed by atoms with van der Waals surface area (Å²) in [5, 5.41) is 72.2. The van der Waals surface area contributed by atoms with Gasteiger partial charge in [-0.1, -0.05) is 96.8 Å². The molecule has 0 rings (SSSR count). The zero-order chi connectivity index (χ0) is 37.1. The average Bonchev–Trinajstić information content (AvgIpc) is 3.11. The van der Waals surface area contributed by atoms with E-state index >= 15 is 0 Å². The quantitative estimate of drug-likeness (QED) is 0.0172. The number of aliphatic hydroxyl groups is 6. The number of unbranched alkanes of at least 4 members (excludes halogenated alkanes) is 15. The highest BCUT2D eigenvalue weighted by atomic mass is 28.4. The van der Waals surface area contributed by atoms with Crippen LogP contribution >= 0.6 is 0 Å². The van der Waals surface area contributed by atoms with E-state index in [1.807, 2.05) is 0 Å². The molecule has 296 valence electrons. The van der Waals surface area contributed by atoms with E-state index in [1.165, 1.54) is 83.5 Å². The van der Waals surface area contributed by atoms with Gasteiger partial charge in [0.1, 0.15) is 39.6 Å². The van der Waals surface area contributed by atoms with E-state index in [-0.39, 0.29) is 32.4 Å². The lowest BCUT2D eigenvalue weighted by Crippen LogP contribution is -2.81. The fourth-order valence-corrected chi connectivity index (χ4v) is 8.14. The minimum atomic E-state index is -3.83. The molecular formula is C34H79N4O10Si+3. The predicted molar refractivity (Wildman–Crippen MR) is 191 cm³/mol. The van der Waals surface area contributed by atoms with Crippen molar-refractivity contribution in [3.8, 4) is 0 Å². The van der Waals surface area contributed by atoms with E-state index in [2.05, 4.69) is 24.1 Å². The van der Waals surface area contributed by atoms with Crippen LogP contribution in [0.15, 0.2) is 0 Å². The Bertz CT molecular complexity index is 720. The van der Waals surface area contributed by atoms with E-state index in [1.54, 1.807) is 7.05 Å². The third-order valence-corrected chi connectivity index (χ3v) is 12.1. The van der Waals surface area contributed by atoms with Gasteiger partial charge in [0.15, 0.2) is 16.6 Å². The Hall–Kier alpha value is -0.343. The maximum Gasteiger partial charge on any atom is 0.501 e. The van der Waals surface area contributed by atoms with Crippen molar-refractivity contribution in [1.82, 2.24) is 0 Å². The van der Waals surface area contributed by atoms with Crippen molar-refractivity contribution in [3.63, 3.8) is 0 Å². The highest BCUT2D eigenvalue weighted by Gasteiger charge is 2.48. The molecule has 0 fully saturated rings. The van der Waals surface area contributed by atoms with Gasteiger partial charge < -0.3 is 71.0 Å². The van der Waals surface area contributed by atoms with Gasteiger partial charge in [0.2, 0.25) is 0 Å². The van der Waals surface area contributed by atoms with Crippen molar-refractivity contribution in [1.29, 1.82) is 0 Å². The molecule has 1 unspecified atom stereocenters. The van der Waals surface area contributed by atoms with Crippen molar-refractivity contribution in [2.24, 2.45) is 0 Å². The van der Waals surface area contributed by atoms with Crippen molar-refractivity contribution in [2.45, 2.75) is 139 Å². The first kappa shape index (κ1) is 48.7. The van der Waals surface area contributed by atoms with Crippen molar-refractivity contribution < 1.29 is 65.8 Å². The Morgan fingerprint density at radius 2 is 0.755 bits per heavy atom. The second-order valence-corrected chi connectivity index (χ2v) is 17.9. The lowest BCUT2D eigenvalue weighted by atomic mass is 10.0. The van der Waals surface area contributed by atoms with Crippen LogP contribution < -0.4 is 17.2 Å². The minimum absolute atomic E-state index is 0.148. The summed E-state index contributed by atoms with van der Waals surface area (Å²) in [5.41, 5.74) is 7.74. The molecule has 0 bridgehead atoms. The second-order valence-electron chi connectivity index (χ2n) is 15.1. The summed E-state index contributed by atoms with van der Waals surface area (Å²) in [7, 11) is -2.19. The molecule has 0 aromatic carbocycles. The predicted octanol–water partition coefficient (Wildman–Crippen LogP) is -0.533. The summed E-state index contributed by atoms with van der Waals surface area (Å²) in [4.78, 5) is 0. The van der Waals surface area contributed by atoms with Gasteiger partial charge in [-0.25, -0.2) is 0 Å². The minimum Gasteiger partial charge on any atom is -0.633 e. The van der Waals surface area contributed by atoms with Gasteiger partial charge in [-0.2, -0.15) is 0 Å². The number of hydrogen-bond donors (Lipinski definition) is 9. The number of quaternary nitrogens is 4. The highest BCUT2D eigenvalue weighted by molar-refractivity contribution is 6.60. The number of hydroxylamine groups is 3. The van der Waals surface area contributed by atoms with E-state index in [0.717, 1.165) is 19.3 Å². The van der Waals surface area contributed by atoms with Crippen LogP contribution in [-0.4, -0.2) is 140 Å². The smallest absolute Gasteiger partial charge is 0.501 e. The molecule has 0 saturated carbocycles. The van der Waals surface area contributed by atoms with Gasteiger partial charge in [-0.05, 0) is 12.8 Å². The lowest BCUT2D eigenvalue weighted by Gasteiger charge is -2.40. The Morgan fingerprint density at radius 3 is 1.04 bits per heavy atom. The monoisotopic (exact) mass is 732 g/mol. The molecule has 15 heteroatoms. The van der Waals surface area contributed by atoms with Gasteiger partial charge in [-0.3, -0.25) is 0 Å². The van der Waals surface area contributed by atoms with E-state index in [4.69, 9.17) is 13.3 Å². The molecular weight excluding hydrogens is 652 g/mol. The van der Waals surface area contributed by atoms with E-state index < -0.39 is 69.7 Å². The maximum atomic E-state index is 13.4. The van der Waals surface area contributed by atoms with Crippen LogP contribution in [0.3, 0.4) is 0 Å². The molecule has 0 heterocycles. The molecule has 0 amide bonds. The Balaban J connectivity index is 4.95. The second kappa shape index (κ2) is 27.3. The summed E-state index contributed by atoms with van der Waals surface area (Å²) < 4.78 is 18.1. The molecule has 1 atom stereocenters. The number of aliphatic hydroxyl groups excluding tert-OH is 6. The number of nitrogens with zero attached hydrogens (tertiary/aromatic N) is 1. The van der Waals surface area contributed by atoms with Gasteiger partial charge in [0.05, 0.1) is 40.0 Å². The normalized spacial score (nSPS) is 14.4. The summed E-state index contributed by atoms with van der Waals surface area (Å²) in [5.74, 6) is 0. The van der Waals surface area contributed by atoms with Gasteiger partial charge in [0, 0.05) is 12.5 Å². The fraction of sp³-hybridized carbons (Fsp3) is 1.00. The zero-order valence-electron chi connectivity index (χ0n) is 31.4. The first-order chi connectivity index (χ1) is 23.3. The van der Waals surface area contributed by atoms with Gasteiger partial charge in [0.25, 0.3) is 0 Å². The third-order valence-electron chi connectivity index (χ3n) is 9.41. The Labute approximate surface area is 297 Å². The Kier molecular flexibility index (Phi) is 27.1. The molecule has 0 aromatic rings. The summed E-state index contributed by atoms with van der Waals surface area (Å²) in [6.07, 6.45) is 20.6. The molecule has 0 aliphatic rings. The molecule has 0 aromatic heterocycles. The van der Waals surface area contributed by atoms with Crippen LogP contribution in [0.25, 0.3) is 0 Å². The zero-order valence-corrected chi connectivity index (χ0v) is 32.4. The molecule has 14 nitrogen and oxygen atoms in total. The van der Waals surface area contributed by atoms with E-state index in [9.17, 15) is 35.8 Å². The highest BCUT2D eigenvalue weighted by Crippen LogP contribution is 2.24. The van der Waals surface area contributed by atoms with Gasteiger partial charge in [-0.15, -0.1) is 0 Å². The standard InChI is InChI=1S/C34H76N4O10Si/c1-3-4-5-6-7-8-9-10-11-12-13-14-15-16-17-18-20-38(2,45)21-19-22-49(46-29-32(35,23-39)24-40,47-30-33(36,25-41)26-42)48-31-34(37,27-43)28-44/h39-44H,3-31,35-37H2,1-2H3/p+3. The van der Waals surface area contributed by atoms with Crippen LogP contribution in [0.5, 0.6) is 0 Å².